The lowest BCUT2D eigenvalue weighted by Gasteiger charge is -2.26. The van der Waals surface area contributed by atoms with Crippen LogP contribution in [-0.4, -0.2) is 35.1 Å². The normalized spacial score (nSPS) is 17.3. The highest BCUT2D eigenvalue weighted by Gasteiger charge is 2.12. The summed E-state index contributed by atoms with van der Waals surface area (Å²) in [6.45, 7) is 1.81. The molecule has 1 heterocycles. The summed E-state index contributed by atoms with van der Waals surface area (Å²) in [5.41, 5.74) is 2.79. The molecule has 5 heteroatoms. The number of carboxylic acids is 1. The van der Waals surface area contributed by atoms with Crippen LogP contribution in [0.25, 0.3) is 0 Å². The van der Waals surface area contributed by atoms with Gasteiger partial charge in [0.05, 0.1) is 0 Å². The molecule has 0 unspecified atom stereocenters. The van der Waals surface area contributed by atoms with Crippen LogP contribution in [0.5, 0.6) is 0 Å². The van der Waals surface area contributed by atoms with Crippen LogP contribution in [0.1, 0.15) is 38.5 Å². The Balaban J connectivity index is 2.09. The number of carbonyl (C=O) groups is 2. The van der Waals surface area contributed by atoms with Crippen LogP contribution >= 0.6 is 0 Å². The van der Waals surface area contributed by atoms with Gasteiger partial charge in [0.1, 0.15) is 0 Å². The fraction of sp³-hybridized carbons (Fsp3) is 0.800. The molecule has 1 aliphatic rings. The minimum atomic E-state index is -0.847. The van der Waals surface area contributed by atoms with Gasteiger partial charge in [0.25, 0.3) is 0 Å². The van der Waals surface area contributed by atoms with Gasteiger partial charge in [-0.15, -0.1) is 0 Å². The quantitative estimate of drug-likeness (QED) is 0.708. The van der Waals surface area contributed by atoms with E-state index < -0.39 is 5.97 Å². The molecule has 0 aromatic rings. The molecule has 0 atom stereocenters. The zero-order valence-electron chi connectivity index (χ0n) is 8.87. The summed E-state index contributed by atoms with van der Waals surface area (Å²) in [6, 6.07) is 0. The second-order valence-electron chi connectivity index (χ2n) is 3.83. The number of piperidine rings is 1. The number of amides is 1. The summed E-state index contributed by atoms with van der Waals surface area (Å²) in [6.07, 6.45) is 4.24. The molecule has 5 nitrogen and oxygen atoms in total. The van der Waals surface area contributed by atoms with Crippen molar-refractivity contribution >= 4 is 11.9 Å². The Morgan fingerprint density at radius 3 is 2.40 bits per heavy atom. The predicted octanol–water partition coefficient (Wildman–Crippen LogP) is 0.758. The molecule has 0 aliphatic carbocycles. The van der Waals surface area contributed by atoms with Crippen molar-refractivity contribution in [3.05, 3.63) is 0 Å². The first-order valence-electron chi connectivity index (χ1n) is 5.45. The second kappa shape index (κ2) is 6.40. The van der Waals surface area contributed by atoms with Crippen molar-refractivity contribution in [1.29, 1.82) is 0 Å². The maximum absolute atomic E-state index is 11.3. The lowest BCUT2D eigenvalue weighted by Crippen LogP contribution is -2.44. The fourth-order valence-electron chi connectivity index (χ4n) is 1.64. The summed E-state index contributed by atoms with van der Waals surface area (Å²) in [5, 5.41) is 10.3. The number of carboxylic acid groups (broad SMARTS) is 1. The van der Waals surface area contributed by atoms with Gasteiger partial charge in [-0.2, -0.15) is 0 Å². The molecule has 0 aromatic carbocycles. The van der Waals surface area contributed by atoms with Crippen LogP contribution in [-0.2, 0) is 9.59 Å². The molecule has 0 saturated carbocycles. The largest absolute Gasteiger partial charge is 0.481 e. The maximum atomic E-state index is 11.3. The summed E-state index contributed by atoms with van der Waals surface area (Å²) >= 11 is 0. The summed E-state index contributed by atoms with van der Waals surface area (Å²) < 4.78 is 0. The molecule has 15 heavy (non-hydrogen) atoms. The maximum Gasteiger partial charge on any atom is 0.303 e. The molecule has 0 aromatic heterocycles. The van der Waals surface area contributed by atoms with Gasteiger partial charge in [0, 0.05) is 25.9 Å². The van der Waals surface area contributed by atoms with Crippen LogP contribution < -0.4 is 5.43 Å². The van der Waals surface area contributed by atoms with E-state index in [1.807, 2.05) is 5.01 Å². The van der Waals surface area contributed by atoms with E-state index in [-0.39, 0.29) is 12.3 Å². The standard InChI is InChI=1S/C10H18N2O3/c13-9(5-4-6-10(14)15)11-12-7-2-1-3-8-12/h1-8H2,(H,11,13)(H,14,15). The zero-order chi connectivity index (χ0) is 11.1. The highest BCUT2D eigenvalue weighted by molar-refractivity contribution is 5.76. The Bertz CT molecular complexity index is 225. The van der Waals surface area contributed by atoms with Crippen LogP contribution in [0.4, 0.5) is 0 Å². The van der Waals surface area contributed by atoms with Crippen molar-refractivity contribution in [2.75, 3.05) is 13.1 Å². The van der Waals surface area contributed by atoms with Crippen LogP contribution in [0, 0.1) is 0 Å². The van der Waals surface area contributed by atoms with Crippen molar-refractivity contribution in [1.82, 2.24) is 10.4 Å². The molecule has 1 saturated heterocycles. The van der Waals surface area contributed by atoms with Crippen LogP contribution in [0.2, 0.25) is 0 Å². The average molecular weight is 214 g/mol. The lowest BCUT2D eigenvalue weighted by atomic mass is 10.2. The second-order valence-corrected chi connectivity index (χ2v) is 3.83. The molecule has 86 valence electrons. The van der Waals surface area contributed by atoms with Crippen molar-refractivity contribution < 1.29 is 14.7 Å². The minimum Gasteiger partial charge on any atom is -0.481 e. The third-order valence-electron chi connectivity index (χ3n) is 2.43. The van der Waals surface area contributed by atoms with E-state index in [1.165, 1.54) is 6.42 Å². The first-order chi connectivity index (χ1) is 7.18. The first kappa shape index (κ1) is 12.0. The Hall–Kier alpha value is -1.10. The molecule has 1 amide bonds. The van der Waals surface area contributed by atoms with E-state index in [0.29, 0.717) is 12.8 Å². The van der Waals surface area contributed by atoms with Crippen LogP contribution in [0.15, 0.2) is 0 Å². The smallest absolute Gasteiger partial charge is 0.303 e. The molecular weight excluding hydrogens is 196 g/mol. The third kappa shape index (κ3) is 5.37. The van der Waals surface area contributed by atoms with Crippen molar-refractivity contribution in [2.45, 2.75) is 38.5 Å². The topological polar surface area (TPSA) is 69.6 Å². The van der Waals surface area contributed by atoms with E-state index in [2.05, 4.69) is 5.43 Å². The van der Waals surface area contributed by atoms with Crippen molar-refractivity contribution in [3.63, 3.8) is 0 Å². The number of hydrogen-bond donors (Lipinski definition) is 2. The third-order valence-corrected chi connectivity index (χ3v) is 2.43. The van der Waals surface area contributed by atoms with Gasteiger partial charge in [-0.05, 0) is 19.3 Å². The number of hydrogen-bond acceptors (Lipinski definition) is 3. The molecule has 1 rings (SSSR count). The average Bonchev–Trinajstić information content (AvgIpc) is 2.18. The summed E-state index contributed by atoms with van der Waals surface area (Å²) in [5.74, 6) is -0.918. The predicted molar refractivity (Wildman–Crippen MR) is 55.1 cm³/mol. The molecule has 0 bridgehead atoms. The number of aliphatic carboxylic acids is 1. The lowest BCUT2D eigenvalue weighted by molar-refractivity contribution is -0.137. The molecule has 2 N–H and O–H groups in total. The number of nitrogens with one attached hydrogen (secondary N) is 1. The van der Waals surface area contributed by atoms with Crippen LogP contribution in [0.3, 0.4) is 0 Å². The Morgan fingerprint density at radius 1 is 1.13 bits per heavy atom. The molecular formula is C10H18N2O3. The molecule has 1 fully saturated rings. The monoisotopic (exact) mass is 214 g/mol. The fourth-order valence-corrected chi connectivity index (χ4v) is 1.64. The first-order valence-corrected chi connectivity index (χ1v) is 5.45. The van der Waals surface area contributed by atoms with Crippen molar-refractivity contribution in [3.8, 4) is 0 Å². The number of carbonyl (C=O) groups excluding carboxylic acids is 1. The highest BCUT2D eigenvalue weighted by Crippen LogP contribution is 2.06. The van der Waals surface area contributed by atoms with E-state index >= 15 is 0 Å². The van der Waals surface area contributed by atoms with Gasteiger partial charge in [0.2, 0.25) is 5.91 Å². The minimum absolute atomic E-state index is 0.0629. The Morgan fingerprint density at radius 2 is 1.80 bits per heavy atom. The van der Waals surface area contributed by atoms with Gasteiger partial charge in [-0.25, -0.2) is 5.01 Å². The number of rotatable bonds is 5. The number of nitrogens with zero attached hydrogens (tertiary/aromatic N) is 1. The van der Waals surface area contributed by atoms with E-state index in [1.54, 1.807) is 0 Å². The van der Waals surface area contributed by atoms with Gasteiger partial charge in [-0.1, -0.05) is 6.42 Å². The molecule has 0 spiro atoms. The summed E-state index contributed by atoms with van der Waals surface area (Å²) in [4.78, 5) is 21.6. The summed E-state index contributed by atoms with van der Waals surface area (Å²) in [7, 11) is 0. The van der Waals surface area contributed by atoms with Gasteiger partial charge in [0.15, 0.2) is 0 Å². The molecule has 0 radical (unpaired) electrons. The van der Waals surface area contributed by atoms with E-state index in [9.17, 15) is 9.59 Å². The Kier molecular flexibility index (Phi) is 5.10. The number of hydrazine groups is 1. The van der Waals surface area contributed by atoms with E-state index in [0.717, 1.165) is 25.9 Å². The van der Waals surface area contributed by atoms with Gasteiger partial charge >= 0.3 is 5.97 Å². The van der Waals surface area contributed by atoms with Gasteiger partial charge < -0.3 is 5.11 Å². The van der Waals surface area contributed by atoms with Gasteiger partial charge in [-0.3, -0.25) is 15.0 Å². The van der Waals surface area contributed by atoms with Crippen molar-refractivity contribution in [2.24, 2.45) is 0 Å². The Labute approximate surface area is 89.4 Å². The SMILES string of the molecule is O=C(O)CCCC(=O)NN1CCCCC1. The zero-order valence-corrected chi connectivity index (χ0v) is 8.87. The highest BCUT2D eigenvalue weighted by atomic mass is 16.4. The molecule has 1 aliphatic heterocycles. The van der Waals surface area contributed by atoms with E-state index in [4.69, 9.17) is 5.11 Å².